The smallest absolute Gasteiger partial charge is 0.197 e. The molecule has 2 aliphatic rings. The first kappa shape index (κ1) is 24.8. The molecular formula is C24H29BrFN3O4. The lowest BCUT2D eigenvalue weighted by molar-refractivity contribution is 0.0962. The summed E-state index contributed by atoms with van der Waals surface area (Å²) in [6, 6.07) is 5.37. The zero-order valence-electron chi connectivity index (χ0n) is 19.7. The maximum absolute atomic E-state index is 15.0. The first-order valence-electron chi connectivity index (χ1n) is 10.4. The fourth-order valence-corrected chi connectivity index (χ4v) is 4.32. The highest BCUT2D eigenvalue weighted by molar-refractivity contribution is 8.93. The van der Waals surface area contributed by atoms with E-state index >= 15 is 4.39 Å². The van der Waals surface area contributed by atoms with Crippen LogP contribution in [0.3, 0.4) is 0 Å². The number of carbonyl (C=O) groups excluding carboxylic acids is 1. The molecule has 178 valence electrons. The fraction of sp³-hybridized carbons (Fsp3) is 0.417. The van der Waals surface area contributed by atoms with Gasteiger partial charge in [0.2, 0.25) is 0 Å². The number of nitrogens with one attached hydrogen (secondary N) is 1. The Hall–Kier alpha value is -2.81. The van der Waals surface area contributed by atoms with Gasteiger partial charge in [0.1, 0.15) is 11.6 Å². The fourth-order valence-electron chi connectivity index (χ4n) is 4.32. The number of anilines is 1. The van der Waals surface area contributed by atoms with Gasteiger partial charge in [-0.3, -0.25) is 10.2 Å². The van der Waals surface area contributed by atoms with Gasteiger partial charge in [0.15, 0.2) is 23.1 Å². The van der Waals surface area contributed by atoms with Crippen molar-refractivity contribution in [2.45, 2.75) is 25.8 Å². The third kappa shape index (κ3) is 4.03. The van der Waals surface area contributed by atoms with E-state index in [4.69, 9.17) is 19.6 Å². The minimum absolute atomic E-state index is 0. The van der Waals surface area contributed by atoms with E-state index in [0.29, 0.717) is 17.7 Å². The second-order valence-corrected chi connectivity index (χ2v) is 9.03. The number of fused-ring (bicyclic) bond motifs is 2. The van der Waals surface area contributed by atoms with Crippen LogP contribution in [0.1, 0.15) is 40.9 Å². The number of amidine groups is 1. The molecule has 2 aromatic rings. The molecule has 0 atom stereocenters. The van der Waals surface area contributed by atoms with Crippen molar-refractivity contribution in [3.8, 4) is 17.2 Å². The summed E-state index contributed by atoms with van der Waals surface area (Å²) >= 11 is 0. The Morgan fingerprint density at radius 2 is 1.94 bits per heavy atom. The molecule has 9 heteroatoms. The van der Waals surface area contributed by atoms with Gasteiger partial charge in [-0.1, -0.05) is 13.8 Å². The number of ketones is 1. The predicted molar refractivity (Wildman–Crippen MR) is 131 cm³/mol. The minimum Gasteiger partial charge on any atom is -0.493 e. The number of nitrogens with zero attached hydrogens (tertiary/aromatic N) is 2. The van der Waals surface area contributed by atoms with E-state index < -0.39 is 5.82 Å². The average molecular weight is 522 g/mol. The van der Waals surface area contributed by atoms with Crippen LogP contribution in [0.4, 0.5) is 10.1 Å². The van der Waals surface area contributed by atoms with Gasteiger partial charge in [-0.15, -0.1) is 17.0 Å². The molecule has 33 heavy (non-hydrogen) atoms. The minimum atomic E-state index is -0.645. The quantitative estimate of drug-likeness (QED) is 0.574. The van der Waals surface area contributed by atoms with E-state index in [1.807, 2.05) is 31.1 Å². The predicted octanol–water partition coefficient (Wildman–Crippen LogP) is 4.18. The Morgan fingerprint density at radius 1 is 1.24 bits per heavy atom. The number of benzene rings is 2. The molecule has 2 aliphatic heterocycles. The Balaban J connectivity index is 0.00000306. The molecule has 0 fully saturated rings. The summed E-state index contributed by atoms with van der Waals surface area (Å²) < 4.78 is 31.3. The maximum Gasteiger partial charge on any atom is 0.197 e. The van der Waals surface area contributed by atoms with Crippen molar-refractivity contribution in [3.05, 3.63) is 46.3 Å². The number of rotatable bonds is 6. The molecular weight excluding hydrogens is 493 g/mol. The maximum atomic E-state index is 15.0. The summed E-state index contributed by atoms with van der Waals surface area (Å²) in [6.45, 7) is 4.93. The van der Waals surface area contributed by atoms with Crippen molar-refractivity contribution in [2.75, 3.05) is 46.4 Å². The van der Waals surface area contributed by atoms with Crippen molar-refractivity contribution < 1.29 is 23.4 Å². The van der Waals surface area contributed by atoms with Gasteiger partial charge < -0.3 is 24.0 Å². The number of Topliss-reactive ketones (excluding diaryl/α,β-unsaturated/α-hetero) is 1. The lowest BCUT2D eigenvalue weighted by Crippen LogP contribution is -2.30. The van der Waals surface area contributed by atoms with Gasteiger partial charge >= 0.3 is 0 Å². The topological polar surface area (TPSA) is 75.1 Å². The molecule has 0 saturated heterocycles. The van der Waals surface area contributed by atoms with Gasteiger partial charge in [-0.2, -0.15) is 0 Å². The van der Waals surface area contributed by atoms with Gasteiger partial charge in [0.25, 0.3) is 0 Å². The molecule has 0 aromatic heterocycles. The van der Waals surface area contributed by atoms with Crippen molar-refractivity contribution in [2.24, 2.45) is 0 Å². The monoisotopic (exact) mass is 521 g/mol. The number of carbonyl (C=O) groups is 1. The second kappa shape index (κ2) is 8.85. The molecule has 0 aliphatic carbocycles. The van der Waals surface area contributed by atoms with E-state index in [0.717, 1.165) is 17.0 Å². The van der Waals surface area contributed by atoms with Crippen LogP contribution in [0.15, 0.2) is 18.2 Å². The average Bonchev–Trinajstić information content (AvgIpc) is 3.23. The first-order chi connectivity index (χ1) is 15.1. The molecule has 1 N–H and O–H groups in total. The van der Waals surface area contributed by atoms with Crippen LogP contribution in [-0.2, 0) is 12.0 Å². The summed E-state index contributed by atoms with van der Waals surface area (Å²) in [5, 5.41) is 8.49. The zero-order chi connectivity index (χ0) is 23.4. The van der Waals surface area contributed by atoms with E-state index in [2.05, 4.69) is 13.8 Å². The van der Waals surface area contributed by atoms with Gasteiger partial charge in [0, 0.05) is 37.2 Å². The largest absolute Gasteiger partial charge is 0.493 e. The zero-order valence-corrected chi connectivity index (χ0v) is 21.4. The van der Waals surface area contributed by atoms with Crippen LogP contribution in [0.25, 0.3) is 0 Å². The van der Waals surface area contributed by atoms with Gasteiger partial charge in [-0.05, 0) is 23.8 Å². The van der Waals surface area contributed by atoms with Crippen LogP contribution in [-0.4, -0.2) is 58.0 Å². The summed E-state index contributed by atoms with van der Waals surface area (Å²) in [5.41, 5.74) is 2.92. The molecule has 0 radical (unpaired) electrons. The van der Waals surface area contributed by atoms with Crippen LogP contribution < -0.4 is 19.1 Å². The summed E-state index contributed by atoms with van der Waals surface area (Å²) in [7, 11) is 6.62. The number of hydrogen-bond acceptors (Lipinski definition) is 6. The molecule has 0 bridgehead atoms. The van der Waals surface area contributed by atoms with Crippen LogP contribution >= 0.6 is 17.0 Å². The van der Waals surface area contributed by atoms with E-state index in [1.165, 1.54) is 14.2 Å². The van der Waals surface area contributed by atoms with E-state index in [9.17, 15) is 4.79 Å². The molecule has 2 heterocycles. The number of hydrogen-bond donors (Lipinski definition) is 1. The molecule has 0 saturated carbocycles. The first-order valence-corrected chi connectivity index (χ1v) is 10.4. The van der Waals surface area contributed by atoms with Crippen molar-refractivity contribution in [1.82, 2.24) is 4.90 Å². The van der Waals surface area contributed by atoms with Crippen molar-refractivity contribution >= 4 is 34.3 Å². The van der Waals surface area contributed by atoms with Crippen molar-refractivity contribution in [3.63, 3.8) is 0 Å². The number of halogens is 2. The van der Waals surface area contributed by atoms with E-state index in [1.54, 1.807) is 11.0 Å². The summed E-state index contributed by atoms with van der Waals surface area (Å²) in [5.74, 6) is 0.203. The van der Waals surface area contributed by atoms with Gasteiger partial charge in [-0.25, -0.2) is 4.39 Å². The third-order valence-electron chi connectivity index (χ3n) is 6.12. The summed E-state index contributed by atoms with van der Waals surface area (Å²) in [6.07, 6.45) is 0. The molecule has 0 amide bonds. The highest BCUT2D eigenvalue weighted by atomic mass is 79.9. The number of ether oxygens (including phenoxy) is 3. The highest BCUT2D eigenvalue weighted by Gasteiger charge is 2.36. The molecule has 4 rings (SSSR count). The van der Waals surface area contributed by atoms with Crippen LogP contribution in [0.2, 0.25) is 0 Å². The Bertz CT molecular complexity index is 1130. The third-order valence-corrected chi connectivity index (χ3v) is 6.12. The Labute approximate surface area is 203 Å². The molecule has 2 aromatic carbocycles. The normalized spacial score (nSPS) is 15.4. The highest BCUT2D eigenvalue weighted by Crippen LogP contribution is 2.45. The van der Waals surface area contributed by atoms with E-state index in [-0.39, 0.29) is 64.2 Å². The number of methoxy groups -OCH3 is 2. The summed E-state index contributed by atoms with van der Waals surface area (Å²) in [4.78, 5) is 16.8. The van der Waals surface area contributed by atoms with Crippen LogP contribution in [0, 0.1) is 11.2 Å². The standard InChI is InChI=1S/C24H28FN3O4.BrH/c1-24(2)12-32-21-15(24)7-13(8-16(21)27(3)4)17(29)11-28-10-14-9-18(30-5)22(31-6)20(25)19(14)23(28)26;/h7-9,26H,10-12H2,1-6H3;1H. The lowest BCUT2D eigenvalue weighted by atomic mass is 9.85. The Morgan fingerprint density at radius 3 is 2.55 bits per heavy atom. The van der Waals surface area contributed by atoms with Gasteiger partial charge in [0.05, 0.1) is 38.6 Å². The SMILES string of the molecule is Br.COc1cc2c(c(F)c1OC)C(=N)N(CC(=O)c1cc(N(C)C)c3c(c1)C(C)(C)CO3)C2. The molecule has 0 spiro atoms. The lowest BCUT2D eigenvalue weighted by Gasteiger charge is -2.21. The van der Waals surface area contributed by atoms with Crippen LogP contribution in [0.5, 0.6) is 17.2 Å². The molecule has 7 nitrogen and oxygen atoms in total. The Kier molecular flexibility index (Phi) is 6.66. The molecule has 0 unspecified atom stereocenters. The second-order valence-electron chi connectivity index (χ2n) is 9.03. The van der Waals surface area contributed by atoms with Crippen molar-refractivity contribution in [1.29, 1.82) is 5.41 Å².